The molecular weight excluding hydrogens is 388 g/mol. The fourth-order valence-electron chi connectivity index (χ4n) is 3.58. The van der Waals surface area contributed by atoms with Crippen LogP contribution in [-0.4, -0.2) is 38.4 Å². The van der Waals surface area contributed by atoms with Crippen molar-refractivity contribution in [1.82, 2.24) is 4.90 Å². The Hall–Kier alpha value is -2.54. The molecule has 6 nitrogen and oxygen atoms in total. The number of nitrogens with one attached hydrogen (secondary N) is 1. The zero-order chi connectivity index (χ0) is 21.0. The third kappa shape index (κ3) is 4.90. The molecule has 1 amide bonds. The Morgan fingerprint density at radius 3 is 2.55 bits per heavy atom. The molecule has 1 heterocycles. The van der Waals surface area contributed by atoms with Gasteiger partial charge in [0.15, 0.2) is 0 Å². The van der Waals surface area contributed by atoms with E-state index in [1.54, 1.807) is 43.3 Å². The van der Waals surface area contributed by atoms with Crippen LogP contribution in [0.15, 0.2) is 47.4 Å². The third-order valence-electron chi connectivity index (χ3n) is 5.21. The molecule has 0 spiro atoms. The summed E-state index contributed by atoms with van der Waals surface area (Å²) >= 11 is 0. The van der Waals surface area contributed by atoms with Crippen molar-refractivity contribution in [1.29, 1.82) is 0 Å². The Morgan fingerprint density at radius 2 is 1.90 bits per heavy atom. The van der Waals surface area contributed by atoms with Crippen molar-refractivity contribution in [3.05, 3.63) is 53.6 Å². The zero-order valence-corrected chi connectivity index (χ0v) is 18.0. The van der Waals surface area contributed by atoms with Gasteiger partial charge in [0, 0.05) is 23.8 Å². The Morgan fingerprint density at radius 1 is 1.17 bits per heavy atom. The van der Waals surface area contributed by atoms with E-state index >= 15 is 0 Å². The molecular formula is C22H28N2O4S. The van der Waals surface area contributed by atoms with E-state index in [4.69, 9.17) is 4.74 Å². The molecule has 0 aromatic heterocycles. The number of aryl methyl sites for hydroxylation is 1. The van der Waals surface area contributed by atoms with Crippen LogP contribution in [0, 0.1) is 6.92 Å². The number of hydrogen-bond donors (Lipinski definition) is 1. The molecule has 0 aliphatic carbocycles. The first-order valence-electron chi connectivity index (χ1n) is 9.99. The molecule has 0 saturated carbocycles. The van der Waals surface area contributed by atoms with E-state index in [-0.39, 0.29) is 16.8 Å². The van der Waals surface area contributed by atoms with Crippen molar-refractivity contribution in [3.63, 3.8) is 0 Å². The molecule has 1 unspecified atom stereocenters. The van der Waals surface area contributed by atoms with Crippen LogP contribution in [0.3, 0.4) is 0 Å². The predicted octanol–water partition coefficient (Wildman–Crippen LogP) is 4.21. The number of sulfonamides is 1. The fraction of sp³-hybridized carbons (Fsp3) is 0.409. The fourth-order valence-corrected chi connectivity index (χ4v) is 4.91. The van der Waals surface area contributed by atoms with Gasteiger partial charge in [-0.2, -0.15) is 0 Å². The molecule has 156 valence electrons. The molecule has 1 saturated heterocycles. The number of ether oxygens (including phenoxy) is 1. The number of carbonyl (C=O) groups is 1. The Balaban J connectivity index is 1.85. The van der Waals surface area contributed by atoms with Crippen LogP contribution in [-0.2, 0) is 10.0 Å². The predicted molar refractivity (Wildman–Crippen MR) is 114 cm³/mol. The van der Waals surface area contributed by atoms with Crippen molar-refractivity contribution in [2.24, 2.45) is 0 Å². The monoisotopic (exact) mass is 416 g/mol. The van der Waals surface area contributed by atoms with Crippen LogP contribution in [0.2, 0.25) is 0 Å². The molecule has 1 N–H and O–H groups in total. The quantitative estimate of drug-likeness (QED) is 0.765. The topological polar surface area (TPSA) is 75.7 Å². The number of anilines is 1. The highest BCUT2D eigenvalue weighted by Gasteiger charge is 2.26. The van der Waals surface area contributed by atoms with Gasteiger partial charge in [-0.25, -0.2) is 8.42 Å². The Kier molecular flexibility index (Phi) is 6.47. The van der Waals surface area contributed by atoms with Crippen LogP contribution in [0.25, 0.3) is 0 Å². The van der Waals surface area contributed by atoms with Gasteiger partial charge in [0.25, 0.3) is 15.9 Å². The van der Waals surface area contributed by atoms with E-state index in [9.17, 15) is 13.2 Å². The lowest BCUT2D eigenvalue weighted by Gasteiger charge is -2.33. The van der Waals surface area contributed by atoms with E-state index in [0.717, 1.165) is 19.3 Å². The lowest BCUT2D eigenvalue weighted by Crippen LogP contribution is -2.42. The summed E-state index contributed by atoms with van der Waals surface area (Å²) in [6.07, 6.45) is 3.07. The van der Waals surface area contributed by atoms with Gasteiger partial charge < -0.3 is 9.64 Å². The Labute approximate surface area is 172 Å². The Bertz CT molecular complexity index is 971. The molecule has 0 radical (unpaired) electrons. The minimum Gasteiger partial charge on any atom is -0.494 e. The minimum absolute atomic E-state index is 0.113. The van der Waals surface area contributed by atoms with Gasteiger partial charge in [0.05, 0.1) is 11.5 Å². The maximum absolute atomic E-state index is 13.0. The number of benzene rings is 2. The first-order chi connectivity index (χ1) is 13.8. The number of likely N-dealkylation sites (tertiary alicyclic amines) is 1. The molecule has 29 heavy (non-hydrogen) atoms. The first kappa shape index (κ1) is 21.2. The molecule has 7 heteroatoms. The van der Waals surface area contributed by atoms with Crippen LogP contribution in [0.1, 0.15) is 49.0 Å². The molecule has 1 atom stereocenters. The molecule has 0 bridgehead atoms. The second kappa shape index (κ2) is 8.86. The van der Waals surface area contributed by atoms with Gasteiger partial charge in [-0.3, -0.25) is 9.52 Å². The summed E-state index contributed by atoms with van der Waals surface area (Å²) in [4.78, 5) is 14.9. The summed E-state index contributed by atoms with van der Waals surface area (Å²) in [6.45, 7) is 6.90. The second-order valence-corrected chi connectivity index (χ2v) is 9.04. The number of amides is 1. The SMILES string of the molecule is CCOc1ccc(NS(=O)(=O)c2cc(C(=O)N3CCCCC3C)ccc2C)cc1. The van der Waals surface area contributed by atoms with Crippen LogP contribution in [0.4, 0.5) is 5.69 Å². The summed E-state index contributed by atoms with van der Waals surface area (Å²) in [5.41, 5.74) is 1.43. The van der Waals surface area contributed by atoms with Crippen molar-refractivity contribution in [2.75, 3.05) is 17.9 Å². The van der Waals surface area contributed by atoms with Crippen molar-refractivity contribution < 1.29 is 17.9 Å². The summed E-state index contributed by atoms with van der Waals surface area (Å²) in [6, 6.07) is 11.8. The van der Waals surface area contributed by atoms with E-state index < -0.39 is 10.0 Å². The molecule has 1 fully saturated rings. The normalized spacial score (nSPS) is 17.1. The summed E-state index contributed by atoms with van der Waals surface area (Å²) in [5.74, 6) is 0.560. The second-order valence-electron chi connectivity index (χ2n) is 7.39. The number of rotatable bonds is 6. The van der Waals surface area contributed by atoms with Gasteiger partial charge >= 0.3 is 0 Å². The van der Waals surface area contributed by atoms with Crippen molar-refractivity contribution in [2.45, 2.75) is 51.0 Å². The van der Waals surface area contributed by atoms with Crippen LogP contribution >= 0.6 is 0 Å². The van der Waals surface area contributed by atoms with E-state index in [1.807, 2.05) is 18.7 Å². The van der Waals surface area contributed by atoms with Crippen LogP contribution < -0.4 is 9.46 Å². The van der Waals surface area contributed by atoms with Crippen molar-refractivity contribution in [3.8, 4) is 5.75 Å². The first-order valence-corrected chi connectivity index (χ1v) is 11.5. The number of hydrogen-bond acceptors (Lipinski definition) is 4. The van der Waals surface area contributed by atoms with Gasteiger partial charge in [0.1, 0.15) is 5.75 Å². The number of piperidine rings is 1. The average Bonchev–Trinajstić information content (AvgIpc) is 2.69. The largest absolute Gasteiger partial charge is 0.494 e. The number of carbonyl (C=O) groups excluding carboxylic acids is 1. The molecule has 2 aromatic carbocycles. The van der Waals surface area contributed by atoms with Gasteiger partial charge in [-0.1, -0.05) is 6.07 Å². The molecule has 2 aromatic rings. The summed E-state index contributed by atoms with van der Waals surface area (Å²) < 4.78 is 33.9. The highest BCUT2D eigenvalue weighted by molar-refractivity contribution is 7.92. The number of nitrogens with zero attached hydrogens (tertiary/aromatic N) is 1. The van der Waals surface area contributed by atoms with E-state index in [0.29, 0.717) is 35.7 Å². The minimum atomic E-state index is -3.83. The summed E-state index contributed by atoms with van der Waals surface area (Å²) in [5, 5.41) is 0. The van der Waals surface area contributed by atoms with Gasteiger partial charge in [-0.05, 0) is 82.0 Å². The van der Waals surface area contributed by atoms with Crippen LogP contribution in [0.5, 0.6) is 5.75 Å². The third-order valence-corrected chi connectivity index (χ3v) is 6.73. The maximum Gasteiger partial charge on any atom is 0.262 e. The van der Waals surface area contributed by atoms with Gasteiger partial charge in [0.2, 0.25) is 0 Å². The van der Waals surface area contributed by atoms with E-state index in [2.05, 4.69) is 4.72 Å². The highest BCUT2D eigenvalue weighted by Crippen LogP contribution is 2.25. The standard InChI is InChI=1S/C22H28N2O4S/c1-4-28-20-12-10-19(11-13-20)23-29(26,27)21-15-18(9-8-16(21)2)22(25)24-14-6-5-7-17(24)3/h8-13,15,17,23H,4-7,14H2,1-3H3. The lowest BCUT2D eigenvalue weighted by molar-refractivity contribution is 0.0635. The van der Waals surface area contributed by atoms with Crippen molar-refractivity contribution >= 4 is 21.6 Å². The molecule has 1 aliphatic rings. The maximum atomic E-state index is 13.0. The highest BCUT2D eigenvalue weighted by atomic mass is 32.2. The van der Waals surface area contributed by atoms with E-state index in [1.165, 1.54) is 6.07 Å². The summed E-state index contributed by atoms with van der Waals surface area (Å²) in [7, 11) is -3.83. The lowest BCUT2D eigenvalue weighted by atomic mass is 10.0. The average molecular weight is 417 g/mol. The molecule has 3 rings (SSSR count). The van der Waals surface area contributed by atoms with Gasteiger partial charge in [-0.15, -0.1) is 0 Å². The molecule has 1 aliphatic heterocycles. The smallest absolute Gasteiger partial charge is 0.262 e. The zero-order valence-electron chi connectivity index (χ0n) is 17.1.